The van der Waals surface area contributed by atoms with Crippen molar-refractivity contribution < 1.29 is 19.4 Å². The predicted molar refractivity (Wildman–Crippen MR) is 160 cm³/mol. The molecule has 0 bridgehead atoms. The lowest BCUT2D eigenvalue weighted by Gasteiger charge is -2.27. The van der Waals surface area contributed by atoms with Crippen molar-refractivity contribution in [2.75, 3.05) is 20.2 Å². The second-order valence-corrected chi connectivity index (χ2v) is 10.2. The quantitative estimate of drug-likeness (QED) is 0.239. The number of ether oxygens (including phenoxy) is 1. The Hall–Kier alpha value is -2.58. The summed E-state index contributed by atoms with van der Waals surface area (Å²) in [6, 6.07) is 9.46. The molecule has 8 heteroatoms. The van der Waals surface area contributed by atoms with Gasteiger partial charge in [0.05, 0.1) is 0 Å². The highest BCUT2D eigenvalue weighted by Gasteiger charge is 2.34. The van der Waals surface area contributed by atoms with Gasteiger partial charge in [-0.2, -0.15) is 0 Å². The number of aliphatic hydroxyl groups is 1. The van der Waals surface area contributed by atoms with Crippen LogP contribution < -0.4 is 5.32 Å². The van der Waals surface area contributed by atoms with Crippen molar-refractivity contribution in [1.82, 2.24) is 10.2 Å². The lowest BCUT2D eigenvalue weighted by atomic mass is 10.0. The fraction of sp³-hybridized carbons (Fsp3) is 0.400. The van der Waals surface area contributed by atoms with Crippen LogP contribution in [0.1, 0.15) is 46.1 Å². The molecule has 1 aromatic rings. The van der Waals surface area contributed by atoms with Crippen molar-refractivity contribution >= 4 is 35.2 Å². The zero-order valence-corrected chi connectivity index (χ0v) is 24.7. The Morgan fingerprint density at radius 3 is 2.45 bits per heavy atom. The summed E-state index contributed by atoms with van der Waals surface area (Å²) in [5.74, 6) is -1.16. The molecule has 6 nitrogen and oxygen atoms in total. The average molecular weight is 561 g/mol. The van der Waals surface area contributed by atoms with Gasteiger partial charge in [-0.1, -0.05) is 79.7 Å². The normalized spacial score (nSPS) is 14.3. The Morgan fingerprint density at radius 1 is 1.24 bits per heavy atom. The molecule has 1 aromatic carbocycles. The molecule has 0 aliphatic carbocycles. The molecule has 0 fully saturated rings. The number of thioether (sulfide) groups is 1. The molecule has 2 atom stereocenters. The number of benzene rings is 1. The third-order valence-corrected chi connectivity index (χ3v) is 7.14. The van der Waals surface area contributed by atoms with Crippen LogP contribution in [-0.4, -0.2) is 54.2 Å². The Labute approximate surface area is 237 Å². The van der Waals surface area contributed by atoms with Gasteiger partial charge in [0, 0.05) is 36.7 Å². The minimum Gasteiger partial charge on any atom is -0.380 e. The predicted octanol–water partition coefficient (Wildman–Crippen LogP) is 6.10. The SMILES string of the molecule is C=C/C(C)=C(C/C(C)=C/SC(=C)CNC(=O)[C@H](OC)[C@@H](O)C(=O)N(CC)Cc1ccccc1)\C(Cl)=C/CC. The summed E-state index contributed by atoms with van der Waals surface area (Å²) in [7, 11) is 1.29. The molecule has 2 N–H and O–H groups in total. The van der Waals surface area contributed by atoms with Gasteiger partial charge in [-0.05, 0) is 55.7 Å². The van der Waals surface area contributed by atoms with Crippen LogP contribution in [0.2, 0.25) is 0 Å². The molecule has 0 aliphatic rings. The summed E-state index contributed by atoms with van der Waals surface area (Å²) in [5.41, 5.74) is 4.05. The maximum atomic E-state index is 12.9. The maximum Gasteiger partial charge on any atom is 0.254 e. The van der Waals surface area contributed by atoms with E-state index in [0.717, 1.165) is 33.7 Å². The summed E-state index contributed by atoms with van der Waals surface area (Å²) in [6.07, 6.45) is 2.30. The zero-order valence-electron chi connectivity index (χ0n) is 23.1. The lowest BCUT2D eigenvalue weighted by molar-refractivity contribution is -0.155. The van der Waals surface area contributed by atoms with E-state index in [0.29, 0.717) is 24.4 Å². The molecule has 0 spiro atoms. The van der Waals surface area contributed by atoms with Crippen LogP contribution >= 0.6 is 23.4 Å². The number of allylic oxidation sites excluding steroid dienone is 6. The van der Waals surface area contributed by atoms with E-state index < -0.39 is 24.0 Å². The number of likely N-dealkylation sites (N-methyl/N-ethyl adjacent to an activating group) is 1. The number of nitrogens with one attached hydrogen (secondary N) is 1. The number of methoxy groups -OCH3 is 1. The fourth-order valence-electron chi connectivity index (χ4n) is 3.52. The van der Waals surface area contributed by atoms with Gasteiger partial charge in [-0.25, -0.2) is 0 Å². The van der Waals surface area contributed by atoms with Crippen molar-refractivity contribution in [1.29, 1.82) is 0 Å². The zero-order chi connectivity index (χ0) is 28.7. The molecule has 2 amide bonds. The number of carbonyl (C=O) groups is 2. The van der Waals surface area contributed by atoms with E-state index in [4.69, 9.17) is 16.3 Å². The summed E-state index contributed by atoms with van der Waals surface area (Å²) in [6.45, 7) is 16.6. The molecular formula is C30H41ClN2O4S. The third-order valence-electron chi connectivity index (χ3n) is 5.76. The van der Waals surface area contributed by atoms with Crippen LogP contribution in [0.4, 0.5) is 0 Å². The summed E-state index contributed by atoms with van der Waals surface area (Å²) in [5, 5.41) is 16.1. The standard InChI is InChI=1S/C30H41ClN2O4S/c1-8-14-26(31)25(22(5)9-2)17-21(4)20-38-23(6)18-32-29(35)28(37-7)27(34)30(36)33(10-3)19-24-15-12-11-13-16-24/h9,11-16,20,27-28,34H,2,6,8,10,17-19H2,1,3-5,7H3,(H,32,35)/b21-20+,25-22-,26-14+/t27-,28-/m1/s1. The molecule has 0 saturated carbocycles. The highest BCUT2D eigenvalue weighted by atomic mass is 35.5. The second kappa shape index (κ2) is 17.8. The van der Waals surface area contributed by atoms with Gasteiger partial charge < -0.3 is 20.1 Å². The molecule has 0 radical (unpaired) electrons. The third kappa shape index (κ3) is 11.0. The Bertz CT molecular complexity index is 1050. The van der Waals surface area contributed by atoms with Crippen molar-refractivity contribution in [3.05, 3.63) is 93.3 Å². The first kappa shape index (κ1) is 33.4. The van der Waals surface area contributed by atoms with E-state index in [1.54, 1.807) is 6.08 Å². The van der Waals surface area contributed by atoms with Gasteiger partial charge in [0.1, 0.15) is 0 Å². The van der Waals surface area contributed by atoms with Gasteiger partial charge in [0.2, 0.25) is 0 Å². The van der Waals surface area contributed by atoms with Gasteiger partial charge in [-0.15, -0.1) is 11.8 Å². The summed E-state index contributed by atoms with van der Waals surface area (Å²) in [4.78, 5) is 27.8. The van der Waals surface area contributed by atoms with Crippen molar-refractivity contribution in [3.63, 3.8) is 0 Å². The fourth-order valence-corrected chi connectivity index (χ4v) is 4.49. The largest absolute Gasteiger partial charge is 0.380 e. The smallest absolute Gasteiger partial charge is 0.254 e. The van der Waals surface area contributed by atoms with E-state index in [9.17, 15) is 14.7 Å². The maximum absolute atomic E-state index is 12.9. The highest BCUT2D eigenvalue weighted by Crippen LogP contribution is 2.28. The number of halogens is 1. The van der Waals surface area contributed by atoms with E-state index in [1.165, 1.54) is 23.8 Å². The molecule has 38 heavy (non-hydrogen) atoms. The number of hydrogen-bond donors (Lipinski definition) is 2. The first-order valence-electron chi connectivity index (χ1n) is 12.6. The van der Waals surface area contributed by atoms with Gasteiger partial charge >= 0.3 is 0 Å². The number of rotatable bonds is 16. The van der Waals surface area contributed by atoms with E-state index >= 15 is 0 Å². The number of aliphatic hydroxyl groups excluding tert-OH is 1. The van der Waals surface area contributed by atoms with Crippen LogP contribution in [0.5, 0.6) is 0 Å². The Kier molecular flexibility index (Phi) is 15.7. The monoisotopic (exact) mass is 560 g/mol. The van der Waals surface area contributed by atoms with Crippen LogP contribution in [0, 0.1) is 0 Å². The first-order chi connectivity index (χ1) is 18.1. The lowest BCUT2D eigenvalue weighted by Crippen LogP contribution is -2.51. The molecule has 1 rings (SSSR count). The van der Waals surface area contributed by atoms with Crippen molar-refractivity contribution in [2.24, 2.45) is 0 Å². The minimum atomic E-state index is -1.63. The number of hydrogen-bond acceptors (Lipinski definition) is 5. The van der Waals surface area contributed by atoms with Crippen LogP contribution in [-0.2, 0) is 20.9 Å². The Morgan fingerprint density at radius 2 is 1.89 bits per heavy atom. The molecule has 0 heterocycles. The van der Waals surface area contributed by atoms with Gasteiger partial charge in [-0.3, -0.25) is 9.59 Å². The van der Waals surface area contributed by atoms with Crippen LogP contribution in [0.15, 0.2) is 87.7 Å². The van der Waals surface area contributed by atoms with Gasteiger partial charge in [0.15, 0.2) is 12.2 Å². The molecule has 0 aliphatic heterocycles. The minimum absolute atomic E-state index is 0.153. The van der Waals surface area contributed by atoms with Crippen molar-refractivity contribution in [3.8, 4) is 0 Å². The Balaban J connectivity index is 2.73. The number of carbonyl (C=O) groups excluding carboxylic acids is 2. The summed E-state index contributed by atoms with van der Waals surface area (Å²) < 4.78 is 5.20. The molecule has 0 saturated heterocycles. The van der Waals surface area contributed by atoms with E-state index in [1.807, 2.05) is 69.5 Å². The molecule has 0 unspecified atom stereocenters. The van der Waals surface area contributed by atoms with E-state index in [-0.39, 0.29) is 6.54 Å². The van der Waals surface area contributed by atoms with E-state index in [2.05, 4.69) is 18.5 Å². The highest BCUT2D eigenvalue weighted by molar-refractivity contribution is 8.05. The average Bonchev–Trinajstić information content (AvgIpc) is 2.92. The molecular weight excluding hydrogens is 520 g/mol. The summed E-state index contributed by atoms with van der Waals surface area (Å²) >= 11 is 7.87. The number of nitrogens with zero attached hydrogens (tertiary/aromatic N) is 1. The molecule has 208 valence electrons. The van der Waals surface area contributed by atoms with Crippen LogP contribution in [0.3, 0.4) is 0 Å². The van der Waals surface area contributed by atoms with Crippen molar-refractivity contribution in [2.45, 2.75) is 59.3 Å². The van der Waals surface area contributed by atoms with Gasteiger partial charge in [0.25, 0.3) is 11.8 Å². The molecule has 0 aromatic heterocycles. The second-order valence-electron chi connectivity index (χ2n) is 8.78. The topological polar surface area (TPSA) is 78.9 Å². The first-order valence-corrected chi connectivity index (χ1v) is 13.8. The number of amides is 2. The van der Waals surface area contributed by atoms with Crippen LogP contribution in [0.25, 0.3) is 0 Å².